The molecule has 1 N–H and O–H groups in total. The van der Waals surface area contributed by atoms with E-state index in [9.17, 15) is 4.79 Å². The van der Waals surface area contributed by atoms with Crippen molar-refractivity contribution >= 4 is 17.3 Å². The molecule has 0 atom stereocenters. The van der Waals surface area contributed by atoms with Gasteiger partial charge in [-0.1, -0.05) is 6.92 Å². The van der Waals surface area contributed by atoms with Crippen LogP contribution in [0, 0.1) is 5.92 Å². The Morgan fingerprint density at radius 1 is 1.32 bits per heavy atom. The third-order valence-electron chi connectivity index (χ3n) is 3.92. The molecule has 22 heavy (non-hydrogen) atoms. The normalized spacial score (nSPS) is 15.8. The van der Waals surface area contributed by atoms with E-state index in [1.54, 1.807) is 17.1 Å². The highest BCUT2D eigenvalue weighted by atomic mass is 16.1. The molecule has 0 aromatic carbocycles. The van der Waals surface area contributed by atoms with E-state index in [-0.39, 0.29) is 5.91 Å². The van der Waals surface area contributed by atoms with Crippen molar-refractivity contribution in [1.29, 1.82) is 0 Å². The Kier molecular flexibility index (Phi) is 4.04. The molecule has 0 aliphatic carbocycles. The zero-order chi connectivity index (χ0) is 15.5. The van der Waals surface area contributed by atoms with Gasteiger partial charge in [-0.15, -0.1) is 0 Å². The third-order valence-corrected chi connectivity index (χ3v) is 3.92. The van der Waals surface area contributed by atoms with Gasteiger partial charge in [-0.2, -0.15) is 5.10 Å². The summed E-state index contributed by atoms with van der Waals surface area (Å²) >= 11 is 0. The summed E-state index contributed by atoms with van der Waals surface area (Å²) < 4.78 is 1.68. The SMILES string of the molecule is CC(=O)Nc1cnn(-c2ncncc2N2CCC(C)CC2)c1. The lowest BCUT2D eigenvalue weighted by molar-refractivity contribution is -0.114. The van der Waals surface area contributed by atoms with E-state index in [0.29, 0.717) is 5.69 Å². The number of amides is 1. The topological polar surface area (TPSA) is 75.9 Å². The Labute approximate surface area is 129 Å². The Morgan fingerprint density at radius 2 is 2.09 bits per heavy atom. The highest BCUT2D eigenvalue weighted by molar-refractivity contribution is 5.88. The molecule has 116 valence electrons. The van der Waals surface area contributed by atoms with E-state index in [1.165, 1.54) is 26.1 Å². The summed E-state index contributed by atoms with van der Waals surface area (Å²) in [7, 11) is 0. The summed E-state index contributed by atoms with van der Waals surface area (Å²) in [4.78, 5) is 21.9. The highest BCUT2D eigenvalue weighted by Gasteiger charge is 2.20. The first-order valence-corrected chi connectivity index (χ1v) is 7.51. The number of anilines is 2. The molecule has 0 radical (unpaired) electrons. The largest absolute Gasteiger partial charge is 0.367 e. The quantitative estimate of drug-likeness (QED) is 0.936. The molecule has 7 heteroatoms. The van der Waals surface area contributed by atoms with E-state index in [1.807, 2.05) is 6.20 Å². The predicted octanol–water partition coefficient (Wildman–Crippen LogP) is 1.86. The van der Waals surface area contributed by atoms with E-state index >= 15 is 0 Å². The van der Waals surface area contributed by atoms with E-state index < -0.39 is 0 Å². The predicted molar refractivity (Wildman–Crippen MR) is 84.1 cm³/mol. The summed E-state index contributed by atoms with van der Waals surface area (Å²) in [6, 6.07) is 0. The lowest BCUT2D eigenvalue weighted by Crippen LogP contribution is -2.33. The van der Waals surface area contributed by atoms with Gasteiger partial charge in [0.25, 0.3) is 0 Å². The van der Waals surface area contributed by atoms with E-state index in [4.69, 9.17) is 0 Å². The van der Waals surface area contributed by atoms with Crippen molar-refractivity contribution in [2.24, 2.45) is 5.92 Å². The molecule has 0 saturated carbocycles. The summed E-state index contributed by atoms with van der Waals surface area (Å²) in [6.07, 6.45) is 9.07. The van der Waals surface area contributed by atoms with Crippen molar-refractivity contribution in [2.45, 2.75) is 26.7 Å². The summed E-state index contributed by atoms with van der Waals surface area (Å²) in [5, 5.41) is 7.02. The first-order valence-electron chi connectivity index (χ1n) is 7.51. The zero-order valence-electron chi connectivity index (χ0n) is 12.9. The molecule has 7 nitrogen and oxygen atoms in total. The number of hydrogen-bond donors (Lipinski definition) is 1. The van der Waals surface area contributed by atoms with Crippen LogP contribution in [-0.2, 0) is 4.79 Å². The minimum atomic E-state index is -0.118. The molecule has 1 saturated heterocycles. The van der Waals surface area contributed by atoms with Crippen LogP contribution in [0.25, 0.3) is 5.82 Å². The van der Waals surface area contributed by atoms with Gasteiger partial charge < -0.3 is 10.2 Å². The molecule has 3 rings (SSSR count). The highest BCUT2D eigenvalue weighted by Crippen LogP contribution is 2.26. The zero-order valence-corrected chi connectivity index (χ0v) is 12.9. The van der Waals surface area contributed by atoms with Crippen molar-refractivity contribution in [3.8, 4) is 5.82 Å². The molecule has 0 unspecified atom stereocenters. The van der Waals surface area contributed by atoms with Crippen molar-refractivity contribution in [3.63, 3.8) is 0 Å². The number of rotatable bonds is 3. The van der Waals surface area contributed by atoms with Crippen LogP contribution in [0.3, 0.4) is 0 Å². The second kappa shape index (κ2) is 6.13. The van der Waals surface area contributed by atoms with Crippen molar-refractivity contribution in [1.82, 2.24) is 19.7 Å². The van der Waals surface area contributed by atoms with Gasteiger partial charge in [-0.3, -0.25) is 4.79 Å². The van der Waals surface area contributed by atoms with E-state index in [0.717, 1.165) is 30.5 Å². The fourth-order valence-electron chi connectivity index (χ4n) is 2.67. The smallest absolute Gasteiger partial charge is 0.221 e. The van der Waals surface area contributed by atoms with Crippen molar-refractivity contribution in [2.75, 3.05) is 23.3 Å². The summed E-state index contributed by atoms with van der Waals surface area (Å²) in [6.45, 7) is 5.76. The average Bonchev–Trinajstić information content (AvgIpc) is 2.96. The molecular weight excluding hydrogens is 280 g/mol. The van der Waals surface area contributed by atoms with Gasteiger partial charge in [0.1, 0.15) is 12.0 Å². The van der Waals surface area contributed by atoms with Crippen LogP contribution in [-0.4, -0.2) is 38.7 Å². The average molecular weight is 300 g/mol. The second-order valence-electron chi connectivity index (χ2n) is 5.76. The standard InChI is InChI=1S/C15H20N6O/c1-11-3-5-20(6-4-11)14-8-16-10-17-15(14)21-9-13(7-18-21)19-12(2)22/h7-11H,3-6H2,1-2H3,(H,19,22). The Balaban J connectivity index is 1.87. The number of carbonyl (C=O) groups excluding carboxylic acids is 1. The molecule has 1 fully saturated rings. The number of aromatic nitrogens is 4. The van der Waals surface area contributed by atoms with Crippen LogP contribution >= 0.6 is 0 Å². The fraction of sp³-hybridized carbons (Fsp3) is 0.467. The number of hydrogen-bond acceptors (Lipinski definition) is 5. The summed E-state index contributed by atoms with van der Waals surface area (Å²) in [5.41, 5.74) is 1.64. The van der Waals surface area contributed by atoms with Crippen LogP contribution in [0.2, 0.25) is 0 Å². The Hall–Kier alpha value is -2.44. The van der Waals surface area contributed by atoms with Gasteiger partial charge >= 0.3 is 0 Å². The van der Waals surface area contributed by atoms with Crippen molar-refractivity contribution < 1.29 is 4.79 Å². The minimum absolute atomic E-state index is 0.118. The lowest BCUT2D eigenvalue weighted by Gasteiger charge is -2.32. The molecule has 1 aliphatic heterocycles. The fourth-order valence-corrected chi connectivity index (χ4v) is 2.67. The van der Waals surface area contributed by atoms with Gasteiger partial charge in [-0.05, 0) is 18.8 Å². The molecule has 1 amide bonds. The molecular formula is C15H20N6O. The molecule has 0 bridgehead atoms. The lowest BCUT2D eigenvalue weighted by atomic mass is 9.99. The van der Waals surface area contributed by atoms with Crippen LogP contribution in [0.15, 0.2) is 24.9 Å². The maximum absolute atomic E-state index is 11.1. The number of carbonyl (C=O) groups is 1. The van der Waals surface area contributed by atoms with Gasteiger partial charge in [-0.25, -0.2) is 14.6 Å². The maximum atomic E-state index is 11.1. The molecule has 2 aromatic rings. The Morgan fingerprint density at radius 3 is 2.82 bits per heavy atom. The van der Waals surface area contributed by atoms with Gasteiger partial charge in [0, 0.05) is 20.0 Å². The molecule has 3 heterocycles. The van der Waals surface area contributed by atoms with Crippen LogP contribution in [0.1, 0.15) is 26.7 Å². The van der Waals surface area contributed by atoms with Crippen molar-refractivity contribution in [3.05, 3.63) is 24.9 Å². The summed E-state index contributed by atoms with van der Waals surface area (Å²) in [5.74, 6) is 1.38. The molecule has 0 spiro atoms. The van der Waals surface area contributed by atoms with Crippen LogP contribution in [0.5, 0.6) is 0 Å². The molecule has 2 aromatic heterocycles. The first-order chi connectivity index (χ1) is 10.6. The maximum Gasteiger partial charge on any atom is 0.221 e. The monoisotopic (exact) mass is 300 g/mol. The minimum Gasteiger partial charge on any atom is -0.367 e. The Bertz CT molecular complexity index is 660. The number of nitrogens with zero attached hydrogens (tertiary/aromatic N) is 5. The third kappa shape index (κ3) is 3.08. The first kappa shape index (κ1) is 14.5. The van der Waals surface area contributed by atoms with E-state index in [2.05, 4.69) is 32.2 Å². The van der Waals surface area contributed by atoms with Crippen LogP contribution in [0.4, 0.5) is 11.4 Å². The second-order valence-corrected chi connectivity index (χ2v) is 5.76. The van der Waals surface area contributed by atoms with Gasteiger partial charge in [0.05, 0.1) is 24.3 Å². The molecule has 1 aliphatic rings. The van der Waals surface area contributed by atoms with Gasteiger partial charge in [0.15, 0.2) is 5.82 Å². The number of nitrogens with one attached hydrogen (secondary N) is 1. The van der Waals surface area contributed by atoms with Crippen LogP contribution < -0.4 is 10.2 Å². The number of piperidine rings is 1. The van der Waals surface area contributed by atoms with Gasteiger partial charge in [0.2, 0.25) is 5.91 Å².